The average Bonchev–Trinajstić information content (AvgIpc) is 3.27. The van der Waals surface area contributed by atoms with Crippen LogP contribution in [-0.2, 0) is 24.4 Å². The molecule has 3 atom stereocenters. The number of aromatic nitrogens is 3. The van der Waals surface area contributed by atoms with Gasteiger partial charge in [0.15, 0.2) is 0 Å². The third-order valence-electron chi connectivity index (χ3n) is 8.21. The molecule has 4 aromatic rings. The Labute approximate surface area is 230 Å². The average molecular weight is 527 g/mol. The second-order valence-corrected chi connectivity index (χ2v) is 10.8. The summed E-state index contributed by atoms with van der Waals surface area (Å²) in [6, 6.07) is 18.8. The zero-order valence-corrected chi connectivity index (χ0v) is 23.5. The van der Waals surface area contributed by atoms with Gasteiger partial charge in [0, 0.05) is 37.7 Å². The Morgan fingerprint density at radius 3 is 2.67 bits per heavy atom. The zero-order chi connectivity index (χ0) is 27.7. The van der Waals surface area contributed by atoms with E-state index >= 15 is 0 Å². The molecule has 0 amide bonds. The molecule has 0 bridgehead atoms. The summed E-state index contributed by atoms with van der Waals surface area (Å²) in [5.74, 6) is -0.764. The number of para-hydroxylation sites is 1. The first kappa shape index (κ1) is 26.9. The second-order valence-electron chi connectivity index (χ2n) is 10.8. The largest absolute Gasteiger partial charge is 0.489 e. The maximum Gasteiger partial charge on any atom is 0.307 e. The van der Waals surface area contributed by atoms with Gasteiger partial charge in [0.2, 0.25) is 0 Å². The van der Waals surface area contributed by atoms with Crippen LogP contribution in [0.25, 0.3) is 11.0 Å². The van der Waals surface area contributed by atoms with Crippen molar-refractivity contribution in [3.05, 3.63) is 88.0 Å². The van der Waals surface area contributed by atoms with Gasteiger partial charge in [0.05, 0.1) is 11.4 Å². The molecule has 7 nitrogen and oxygen atoms in total. The molecule has 3 aromatic carbocycles. The number of rotatable bonds is 8. The lowest BCUT2D eigenvalue weighted by Gasteiger charge is -2.27. The number of nitrogens with zero attached hydrogens (tertiary/aromatic N) is 4. The number of hydrogen-bond donors (Lipinski definition) is 1. The van der Waals surface area contributed by atoms with Crippen molar-refractivity contribution in [1.82, 2.24) is 19.9 Å². The maximum atomic E-state index is 12.4. The van der Waals surface area contributed by atoms with Crippen LogP contribution in [0.5, 0.6) is 5.75 Å². The quantitative estimate of drug-likeness (QED) is 0.299. The third kappa shape index (κ3) is 5.28. The molecule has 0 fully saturated rings. The molecule has 0 saturated heterocycles. The zero-order valence-electron chi connectivity index (χ0n) is 23.5. The molecule has 0 radical (unpaired) electrons. The van der Waals surface area contributed by atoms with Gasteiger partial charge in [-0.05, 0) is 67.1 Å². The maximum absolute atomic E-state index is 12.4. The number of aliphatic carboxylic acids is 1. The summed E-state index contributed by atoms with van der Waals surface area (Å²) in [5, 5.41) is 18.9. The molecule has 1 aliphatic rings. The van der Waals surface area contributed by atoms with Gasteiger partial charge in [-0.15, -0.1) is 5.10 Å². The van der Waals surface area contributed by atoms with Crippen molar-refractivity contribution in [1.29, 1.82) is 0 Å². The van der Waals surface area contributed by atoms with Crippen LogP contribution in [-0.4, -0.2) is 43.6 Å². The van der Waals surface area contributed by atoms with Crippen LogP contribution in [0.4, 0.5) is 0 Å². The number of aryl methyl sites for hydroxylation is 3. The normalized spacial score (nSPS) is 17.3. The van der Waals surface area contributed by atoms with E-state index in [4.69, 9.17) is 4.74 Å². The fraction of sp³-hybridized carbons (Fsp3) is 0.406. The third-order valence-corrected chi connectivity index (χ3v) is 8.21. The van der Waals surface area contributed by atoms with Crippen molar-refractivity contribution >= 4 is 17.0 Å². The van der Waals surface area contributed by atoms with Crippen molar-refractivity contribution < 1.29 is 14.6 Å². The standard InChI is InChI=1S/C32H38N4O3/c1-6-26-19-35(17-24-10-8-9-11-29(24)39-26)18-25-16-23(13-12-20(25)3)30(22(5)32(37)38)27-14-15-28-31(21(27)4)33-34-36(28)7-2/h8-16,22,26,30H,6-7,17-19H2,1-5H3,(H,37,38)/t22-,26?,30+/m0/s1. The van der Waals surface area contributed by atoms with Crippen molar-refractivity contribution in [3.8, 4) is 5.75 Å². The van der Waals surface area contributed by atoms with E-state index in [0.717, 1.165) is 66.1 Å². The second kappa shape index (κ2) is 11.2. The van der Waals surface area contributed by atoms with E-state index in [1.807, 2.05) is 30.7 Å². The van der Waals surface area contributed by atoms with Gasteiger partial charge in [-0.2, -0.15) is 0 Å². The summed E-state index contributed by atoms with van der Waals surface area (Å²) < 4.78 is 8.19. The topological polar surface area (TPSA) is 80.5 Å². The molecule has 0 saturated carbocycles. The van der Waals surface area contributed by atoms with Crippen LogP contribution in [0.3, 0.4) is 0 Å². The first-order valence-corrected chi connectivity index (χ1v) is 13.9. The molecule has 2 heterocycles. The molecule has 7 heteroatoms. The number of benzene rings is 3. The highest BCUT2D eigenvalue weighted by Crippen LogP contribution is 2.37. The van der Waals surface area contributed by atoms with E-state index in [1.165, 1.54) is 16.7 Å². The minimum absolute atomic E-state index is 0.128. The van der Waals surface area contributed by atoms with Crippen LogP contribution >= 0.6 is 0 Å². The highest BCUT2D eigenvalue weighted by atomic mass is 16.5. The first-order chi connectivity index (χ1) is 18.8. The Morgan fingerprint density at radius 1 is 1.13 bits per heavy atom. The van der Waals surface area contributed by atoms with Gasteiger partial charge >= 0.3 is 5.97 Å². The molecule has 0 aliphatic carbocycles. The van der Waals surface area contributed by atoms with Crippen molar-refractivity contribution in [3.63, 3.8) is 0 Å². The predicted molar refractivity (Wildman–Crippen MR) is 153 cm³/mol. The molecule has 204 valence electrons. The Balaban J connectivity index is 1.53. The summed E-state index contributed by atoms with van der Waals surface area (Å²) in [5.41, 5.74) is 8.39. The van der Waals surface area contributed by atoms with E-state index in [1.54, 1.807) is 6.92 Å². The minimum Gasteiger partial charge on any atom is -0.489 e. The summed E-state index contributed by atoms with van der Waals surface area (Å²) in [6.07, 6.45) is 1.06. The van der Waals surface area contributed by atoms with E-state index in [0.29, 0.717) is 0 Å². The van der Waals surface area contributed by atoms with Crippen LogP contribution in [0.2, 0.25) is 0 Å². The van der Waals surface area contributed by atoms with Crippen molar-refractivity contribution in [2.75, 3.05) is 6.54 Å². The van der Waals surface area contributed by atoms with Gasteiger partial charge < -0.3 is 9.84 Å². The molecular weight excluding hydrogens is 488 g/mol. The molecule has 1 N–H and O–H groups in total. The van der Waals surface area contributed by atoms with Crippen LogP contribution in [0.1, 0.15) is 66.5 Å². The van der Waals surface area contributed by atoms with E-state index in [2.05, 4.69) is 71.5 Å². The minimum atomic E-state index is -0.814. The number of hydrogen-bond acceptors (Lipinski definition) is 5. The molecule has 39 heavy (non-hydrogen) atoms. The molecule has 5 rings (SSSR count). The fourth-order valence-corrected chi connectivity index (χ4v) is 5.82. The van der Waals surface area contributed by atoms with Crippen molar-refractivity contribution in [2.45, 2.75) is 72.7 Å². The van der Waals surface area contributed by atoms with Crippen LogP contribution in [0, 0.1) is 19.8 Å². The summed E-state index contributed by atoms with van der Waals surface area (Å²) in [4.78, 5) is 14.8. The summed E-state index contributed by atoms with van der Waals surface area (Å²) in [7, 11) is 0. The summed E-state index contributed by atoms with van der Waals surface area (Å²) >= 11 is 0. The number of carboxylic acid groups (broad SMARTS) is 1. The van der Waals surface area contributed by atoms with E-state index in [-0.39, 0.29) is 12.0 Å². The number of carbonyl (C=O) groups is 1. The van der Waals surface area contributed by atoms with E-state index in [9.17, 15) is 9.90 Å². The van der Waals surface area contributed by atoms with Crippen LogP contribution < -0.4 is 4.74 Å². The Bertz CT molecular complexity index is 1490. The fourth-order valence-electron chi connectivity index (χ4n) is 5.82. The van der Waals surface area contributed by atoms with E-state index < -0.39 is 11.9 Å². The van der Waals surface area contributed by atoms with Crippen molar-refractivity contribution in [2.24, 2.45) is 5.92 Å². The lowest BCUT2D eigenvalue weighted by Crippen LogP contribution is -2.32. The number of fused-ring (bicyclic) bond motifs is 2. The smallest absolute Gasteiger partial charge is 0.307 e. The molecule has 1 aliphatic heterocycles. The number of ether oxygens (including phenoxy) is 1. The lowest BCUT2D eigenvalue weighted by atomic mass is 9.79. The Morgan fingerprint density at radius 2 is 1.92 bits per heavy atom. The van der Waals surface area contributed by atoms with Gasteiger partial charge in [-0.3, -0.25) is 9.69 Å². The molecule has 1 unspecified atom stereocenters. The number of carboxylic acids is 1. The van der Waals surface area contributed by atoms with Gasteiger partial charge in [-0.25, -0.2) is 4.68 Å². The van der Waals surface area contributed by atoms with Gasteiger partial charge in [0.1, 0.15) is 17.4 Å². The Kier molecular flexibility index (Phi) is 7.71. The molecule has 1 aromatic heterocycles. The molecule has 0 spiro atoms. The highest BCUT2D eigenvalue weighted by molar-refractivity contribution is 5.81. The highest BCUT2D eigenvalue weighted by Gasteiger charge is 2.30. The SMILES string of the molecule is CCC1CN(Cc2cc([C@H](c3ccc4c(nnn4CC)c3C)[C@H](C)C(=O)O)ccc2C)Cc2ccccc2O1. The monoisotopic (exact) mass is 526 g/mol. The first-order valence-electron chi connectivity index (χ1n) is 13.9. The summed E-state index contributed by atoms with van der Waals surface area (Å²) in [6.45, 7) is 13.3. The van der Waals surface area contributed by atoms with Gasteiger partial charge in [0.25, 0.3) is 0 Å². The van der Waals surface area contributed by atoms with Gasteiger partial charge in [-0.1, -0.05) is 61.5 Å². The lowest BCUT2D eigenvalue weighted by molar-refractivity contribution is -0.141. The van der Waals surface area contributed by atoms with Crippen LogP contribution in [0.15, 0.2) is 54.6 Å². The predicted octanol–water partition coefficient (Wildman–Crippen LogP) is 6.09. The Hall–Kier alpha value is -3.71. The molecular formula is C32H38N4O3.